The van der Waals surface area contributed by atoms with Gasteiger partial charge in [-0.1, -0.05) is 17.7 Å². The Morgan fingerprint density at radius 3 is 2.75 bits per heavy atom. The number of pyridine rings is 1. The molecule has 2 amide bonds. The van der Waals surface area contributed by atoms with Gasteiger partial charge in [-0.25, -0.2) is 4.98 Å². The lowest BCUT2D eigenvalue weighted by atomic mass is 9.95. The summed E-state index contributed by atoms with van der Waals surface area (Å²) in [7, 11) is 0. The first-order chi connectivity index (χ1) is 13.6. The molecule has 3 aromatic rings. The maximum absolute atomic E-state index is 12.7. The molecule has 3 aromatic heterocycles. The number of aromatic amines is 1. The predicted octanol–water partition coefficient (Wildman–Crippen LogP) is 3.68. The van der Waals surface area contributed by atoms with E-state index in [-0.39, 0.29) is 17.7 Å². The quantitative estimate of drug-likeness (QED) is 0.680. The van der Waals surface area contributed by atoms with Gasteiger partial charge in [0.05, 0.1) is 15.6 Å². The Morgan fingerprint density at radius 1 is 1.25 bits per heavy atom. The third-order valence-corrected chi connectivity index (χ3v) is 5.84. The van der Waals surface area contributed by atoms with E-state index in [1.807, 2.05) is 17.5 Å². The monoisotopic (exact) mass is 415 g/mol. The molecule has 4 heterocycles. The minimum absolute atomic E-state index is 0.0818. The summed E-state index contributed by atoms with van der Waals surface area (Å²) in [5.74, 6) is 0.131. The largest absolute Gasteiger partial charge is 0.337 e. The number of aromatic nitrogens is 3. The summed E-state index contributed by atoms with van der Waals surface area (Å²) in [6, 6.07) is 9.06. The van der Waals surface area contributed by atoms with Crippen LogP contribution in [0.4, 0.5) is 5.82 Å². The minimum Gasteiger partial charge on any atom is -0.337 e. The first kappa shape index (κ1) is 18.6. The number of thiophene rings is 1. The summed E-state index contributed by atoms with van der Waals surface area (Å²) in [6.45, 7) is 1.04. The van der Waals surface area contributed by atoms with E-state index < -0.39 is 0 Å². The van der Waals surface area contributed by atoms with Crippen molar-refractivity contribution in [3.05, 3.63) is 52.6 Å². The van der Waals surface area contributed by atoms with E-state index in [1.165, 1.54) is 6.20 Å². The molecule has 0 unspecified atom stereocenters. The van der Waals surface area contributed by atoms with Crippen molar-refractivity contribution in [3.8, 4) is 10.6 Å². The third-order valence-electron chi connectivity index (χ3n) is 4.72. The first-order valence-electron chi connectivity index (χ1n) is 8.91. The van der Waals surface area contributed by atoms with Crippen LogP contribution >= 0.6 is 22.9 Å². The lowest BCUT2D eigenvalue weighted by molar-refractivity contribution is -0.121. The number of halogens is 1. The average molecular weight is 416 g/mol. The molecule has 0 aromatic carbocycles. The van der Waals surface area contributed by atoms with Gasteiger partial charge < -0.3 is 10.2 Å². The van der Waals surface area contributed by atoms with Crippen molar-refractivity contribution < 1.29 is 9.59 Å². The number of hydrogen-bond acceptors (Lipinski definition) is 5. The zero-order chi connectivity index (χ0) is 19.5. The van der Waals surface area contributed by atoms with E-state index in [9.17, 15) is 9.59 Å². The SMILES string of the molecule is O=C(Nc1ccc(Cl)cn1)C1CCN(C(=O)c2cc(-c3cccs3)[nH]n2)CC1. The van der Waals surface area contributed by atoms with Crippen molar-refractivity contribution in [1.82, 2.24) is 20.1 Å². The molecule has 7 nitrogen and oxygen atoms in total. The van der Waals surface area contributed by atoms with Gasteiger partial charge in [0.1, 0.15) is 5.82 Å². The molecule has 28 heavy (non-hydrogen) atoms. The smallest absolute Gasteiger partial charge is 0.274 e. The molecule has 0 bridgehead atoms. The van der Waals surface area contributed by atoms with Crippen LogP contribution in [0.3, 0.4) is 0 Å². The summed E-state index contributed by atoms with van der Waals surface area (Å²) in [4.78, 5) is 32.0. The molecule has 0 radical (unpaired) electrons. The lowest BCUT2D eigenvalue weighted by Crippen LogP contribution is -2.41. The second-order valence-corrected chi connectivity index (χ2v) is 7.95. The van der Waals surface area contributed by atoms with Gasteiger partial charge in [0.2, 0.25) is 5.91 Å². The van der Waals surface area contributed by atoms with E-state index in [2.05, 4.69) is 20.5 Å². The number of nitrogens with zero attached hydrogens (tertiary/aromatic N) is 3. The van der Waals surface area contributed by atoms with Crippen molar-refractivity contribution in [2.45, 2.75) is 12.8 Å². The van der Waals surface area contributed by atoms with Crippen LogP contribution in [0.1, 0.15) is 23.3 Å². The molecule has 1 aliphatic rings. The molecule has 0 saturated carbocycles. The number of anilines is 1. The van der Waals surface area contributed by atoms with E-state index >= 15 is 0 Å². The highest BCUT2D eigenvalue weighted by atomic mass is 35.5. The molecule has 144 valence electrons. The van der Waals surface area contributed by atoms with Crippen LogP contribution < -0.4 is 5.32 Å². The number of carbonyl (C=O) groups excluding carboxylic acids is 2. The molecular formula is C19H18ClN5O2S. The highest BCUT2D eigenvalue weighted by Crippen LogP contribution is 2.25. The second kappa shape index (κ2) is 8.12. The molecule has 1 fully saturated rings. The van der Waals surface area contributed by atoms with Crippen LogP contribution in [-0.2, 0) is 4.79 Å². The van der Waals surface area contributed by atoms with Gasteiger partial charge >= 0.3 is 0 Å². The van der Waals surface area contributed by atoms with Crippen molar-refractivity contribution in [1.29, 1.82) is 0 Å². The lowest BCUT2D eigenvalue weighted by Gasteiger charge is -2.30. The predicted molar refractivity (Wildman–Crippen MR) is 108 cm³/mol. The summed E-state index contributed by atoms with van der Waals surface area (Å²) in [6.07, 6.45) is 2.70. The number of amides is 2. The van der Waals surface area contributed by atoms with Crippen molar-refractivity contribution in [3.63, 3.8) is 0 Å². The number of nitrogens with one attached hydrogen (secondary N) is 2. The average Bonchev–Trinajstić information content (AvgIpc) is 3.41. The third kappa shape index (κ3) is 4.07. The number of rotatable bonds is 4. The topological polar surface area (TPSA) is 91.0 Å². The Bertz CT molecular complexity index is 963. The molecule has 1 saturated heterocycles. The van der Waals surface area contributed by atoms with E-state index in [0.717, 1.165) is 10.6 Å². The van der Waals surface area contributed by atoms with Crippen molar-refractivity contribution in [2.24, 2.45) is 5.92 Å². The van der Waals surface area contributed by atoms with Gasteiger partial charge in [-0.2, -0.15) is 5.10 Å². The molecule has 9 heteroatoms. The Morgan fingerprint density at radius 2 is 2.07 bits per heavy atom. The zero-order valence-corrected chi connectivity index (χ0v) is 16.5. The van der Waals surface area contributed by atoms with Crippen molar-refractivity contribution >= 4 is 40.6 Å². The number of H-pyrrole nitrogens is 1. The van der Waals surface area contributed by atoms with E-state index in [4.69, 9.17) is 11.6 Å². The van der Waals surface area contributed by atoms with Gasteiger partial charge in [-0.3, -0.25) is 14.7 Å². The molecule has 0 spiro atoms. The summed E-state index contributed by atoms with van der Waals surface area (Å²) in [5, 5.41) is 12.4. The Kier molecular flexibility index (Phi) is 5.40. The van der Waals surface area contributed by atoms with Gasteiger partial charge in [0, 0.05) is 25.2 Å². The van der Waals surface area contributed by atoms with Crippen LogP contribution in [0.25, 0.3) is 10.6 Å². The van der Waals surface area contributed by atoms with Gasteiger partial charge in [0.15, 0.2) is 5.69 Å². The van der Waals surface area contributed by atoms with Crippen LogP contribution in [0.15, 0.2) is 41.9 Å². The fourth-order valence-corrected chi connectivity index (χ4v) is 3.98. The first-order valence-corrected chi connectivity index (χ1v) is 10.2. The number of carbonyl (C=O) groups is 2. The Hall–Kier alpha value is -2.71. The van der Waals surface area contributed by atoms with Gasteiger partial charge in [0.25, 0.3) is 5.91 Å². The summed E-state index contributed by atoms with van der Waals surface area (Å²) >= 11 is 7.39. The minimum atomic E-state index is -0.151. The van der Waals surface area contributed by atoms with Crippen LogP contribution in [-0.4, -0.2) is 45.0 Å². The van der Waals surface area contributed by atoms with Crippen LogP contribution in [0, 0.1) is 5.92 Å². The normalized spacial score (nSPS) is 14.8. The standard InChI is InChI=1S/C19H18ClN5O2S/c20-13-3-4-17(21-11-13)22-18(26)12-5-7-25(8-6-12)19(27)15-10-14(23-24-15)16-2-1-9-28-16/h1-4,9-12H,5-8H2,(H,23,24)(H,21,22,26). The maximum atomic E-state index is 12.7. The molecule has 1 aliphatic heterocycles. The van der Waals surface area contributed by atoms with Crippen LogP contribution in [0.5, 0.6) is 0 Å². The number of hydrogen-bond donors (Lipinski definition) is 2. The zero-order valence-electron chi connectivity index (χ0n) is 14.9. The van der Waals surface area contributed by atoms with E-state index in [1.54, 1.807) is 34.4 Å². The van der Waals surface area contributed by atoms with Crippen LogP contribution in [0.2, 0.25) is 5.02 Å². The summed E-state index contributed by atoms with van der Waals surface area (Å²) in [5.41, 5.74) is 1.24. The fourth-order valence-electron chi connectivity index (χ4n) is 3.17. The van der Waals surface area contributed by atoms with Crippen molar-refractivity contribution in [2.75, 3.05) is 18.4 Å². The molecule has 0 aliphatic carbocycles. The molecule has 0 atom stereocenters. The highest BCUT2D eigenvalue weighted by Gasteiger charge is 2.29. The number of piperidine rings is 1. The highest BCUT2D eigenvalue weighted by molar-refractivity contribution is 7.13. The number of likely N-dealkylation sites (tertiary alicyclic amines) is 1. The molecule has 2 N–H and O–H groups in total. The van der Waals surface area contributed by atoms with Gasteiger partial charge in [-0.05, 0) is 42.5 Å². The second-order valence-electron chi connectivity index (χ2n) is 6.56. The maximum Gasteiger partial charge on any atom is 0.274 e. The molecule has 4 rings (SSSR count). The summed E-state index contributed by atoms with van der Waals surface area (Å²) < 4.78 is 0. The van der Waals surface area contributed by atoms with Gasteiger partial charge in [-0.15, -0.1) is 11.3 Å². The fraction of sp³-hybridized carbons (Fsp3) is 0.263. The Balaban J connectivity index is 1.33. The van der Waals surface area contributed by atoms with E-state index in [0.29, 0.717) is 42.5 Å². The molecular weight excluding hydrogens is 398 g/mol. The Labute approximate surface area is 170 Å².